The highest BCUT2D eigenvalue weighted by molar-refractivity contribution is 5.70. The van der Waals surface area contributed by atoms with E-state index in [0.717, 1.165) is 19.5 Å². The van der Waals surface area contributed by atoms with Crippen LogP contribution in [-0.4, -0.2) is 38.9 Å². The average Bonchev–Trinajstić information content (AvgIpc) is 2.44. The van der Waals surface area contributed by atoms with Crippen LogP contribution >= 0.6 is 0 Å². The molecule has 1 heterocycles. The standard InChI is InChI=1S/C15H21NO3/c1-2-19-15(17)12-18-11-10-16-9-5-7-13-6-3-4-8-14(13)16/h3-4,6,8H,2,5,7,9-12H2,1H3. The van der Waals surface area contributed by atoms with Crippen LogP contribution in [0.1, 0.15) is 18.9 Å². The van der Waals surface area contributed by atoms with Gasteiger partial charge in [-0.25, -0.2) is 4.79 Å². The minimum Gasteiger partial charge on any atom is -0.464 e. The molecule has 0 saturated carbocycles. The minimum absolute atomic E-state index is 0.0450. The Morgan fingerprint density at radius 1 is 1.37 bits per heavy atom. The molecule has 1 aromatic rings. The second kappa shape index (κ2) is 7.14. The van der Waals surface area contributed by atoms with Crippen LogP contribution in [0.3, 0.4) is 0 Å². The molecule has 0 aliphatic carbocycles. The molecule has 1 aromatic carbocycles. The molecule has 1 aliphatic heterocycles. The van der Waals surface area contributed by atoms with Crippen molar-refractivity contribution in [2.24, 2.45) is 0 Å². The van der Waals surface area contributed by atoms with Crippen molar-refractivity contribution in [3.05, 3.63) is 29.8 Å². The second-order valence-corrected chi connectivity index (χ2v) is 4.58. The maximum absolute atomic E-state index is 11.1. The summed E-state index contributed by atoms with van der Waals surface area (Å²) in [7, 11) is 0. The van der Waals surface area contributed by atoms with E-state index in [2.05, 4.69) is 29.2 Å². The zero-order chi connectivity index (χ0) is 13.5. The van der Waals surface area contributed by atoms with Gasteiger partial charge >= 0.3 is 5.97 Å². The smallest absolute Gasteiger partial charge is 0.332 e. The highest BCUT2D eigenvalue weighted by Gasteiger charge is 2.15. The van der Waals surface area contributed by atoms with E-state index in [1.807, 2.05) is 0 Å². The van der Waals surface area contributed by atoms with Gasteiger partial charge in [-0.15, -0.1) is 0 Å². The van der Waals surface area contributed by atoms with E-state index in [4.69, 9.17) is 9.47 Å². The summed E-state index contributed by atoms with van der Waals surface area (Å²) >= 11 is 0. The van der Waals surface area contributed by atoms with E-state index >= 15 is 0 Å². The van der Waals surface area contributed by atoms with Gasteiger partial charge in [-0.1, -0.05) is 18.2 Å². The summed E-state index contributed by atoms with van der Waals surface area (Å²) in [5.74, 6) is -0.290. The molecule has 0 atom stereocenters. The van der Waals surface area contributed by atoms with Gasteiger partial charge in [0.15, 0.2) is 0 Å². The zero-order valence-corrected chi connectivity index (χ0v) is 11.4. The van der Waals surface area contributed by atoms with Gasteiger partial charge in [0, 0.05) is 18.8 Å². The third-order valence-corrected chi connectivity index (χ3v) is 3.24. The van der Waals surface area contributed by atoms with Gasteiger partial charge < -0.3 is 14.4 Å². The van der Waals surface area contributed by atoms with Crippen LogP contribution in [0.15, 0.2) is 24.3 Å². The van der Waals surface area contributed by atoms with Gasteiger partial charge in [0.25, 0.3) is 0 Å². The molecule has 0 spiro atoms. The number of benzene rings is 1. The highest BCUT2D eigenvalue weighted by Crippen LogP contribution is 2.26. The Morgan fingerprint density at radius 2 is 2.21 bits per heavy atom. The van der Waals surface area contributed by atoms with Gasteiger partial charge in [-0.05, 0) is 31.4 Å². The number of hydrogen-bond donors (Lipinski definition) is 0. The van der Waals surface area contributed by atoms with Crippen molar-refractivity contribution in [2.75, 3.05) is 37.8 Å². The largest absolute Gasteiger partial charge is 0.464 e. The third kappa shape index (κ3) is 3.96. The summed E-state index contributed by atoms with van der Waals surface area (Å²) in [6.45, 7) is 4.66. The van der Waals surface area contributed by atoms with E-state index in [9.17, 15) is 4.79 Å². The summed E-state index contributed by atoms with van der Waals surface area (Å²) in [4.78, 5) is 13.5. The summed E-state index contributed by atoms with van der Waals surface area (Å²) < 4.78 is 10.2. The van der Waals surface area contributed by atoms with Crippen molar-refractivity contribution < 1.29 is 14.3 Å². The number of ether oxygens (including phenoxy) is 2. The Labute approximate surface area is 114 Å². The molecule has 0 N–H and O–H groups in total. The number of hydrogen-bond acceptors (Lipinski definition) is 4. The number of nitrogens with zero attached hydrogens (tertiary/aromatic N) is 1. The molecular weight excluding hydrogens is 242 g/mol. The maximum atomic E-state index is 11.1. The van der Waals surface area contributed by atoms with Gasteiger partial charge in [-0.2, -0.15) is 0 Å². The predicted molar refractivity (Wildman–Crippen MR) is 74.4 cm³/mol. The normalized spacial score (nSPS) is 14.1. The highest BCUT2D eigenvalue weighted by atomic mass is 16.6. The molecule has 2 rings (SSSR count). The van der Waals surface area contributed by atoms with Crippen molar-refractivity contribution in [3.63, 3.8) is 0 Å². The molecule has 0 aromatic heterocycles. The lowest BCUT2D eigenvalue weighted by Crippen LogP contribution is -2.32. The van der Waals surface area contributed by atoms with E-state index in [-0.39, 0.29) is 12.6 Å². The molecule has 0 radical (unpaired) electrons. The molecule has 0 saturated heterocycles. The summed E-state index contributed by atoms with van der Waals surface area (Å²) in [5, 5.41) is 0. The number of carbonyl (C=O) groups excluding carboxylic acids is 1. The van der Waals surface area contributed by atoms with E-state index in [1.165, 1.54) is 17.7 Å². The Bertz CT molecular complexity index is 420. The first-order chi connectivity index (χ1) is 9.31. The Kier molecular flexibility index (Phi) is 5.21. The van der Waals surface area contributed by atoms with Crippen LogP contribution in [-0.2, 0) is 20.7 Å². The zero-order valence-electron chi connectivity index (χ0n) is 11.4. The maximum Gasteiger partial charge on any atom is 0.332 e. The van der Waals surface area contributed by atoms with Crippen molar-refractivity contribution in [1.29, 1.82) is 0 Å². The van der Waals surface area contributed by atoms with Crippen LogP contribution in [0.4, 0.5) is 5.69 Å². The second-order valence-electron chi connectivity index (χ2n) is 4.58. The topological polar surface area (TPSA) is 38.8 Å². The lowest BCUT2D eigenvalue weighted by molar-refractivity contribution is -0.148. The molecule has 19 heavy (non-hydrogen) atoms. The monoisotopic (exact) mass is 263 g/mol. The van der Waals surface area contributed by atoms with Crippen molar-refractivity contribution >= 4 is 11.7 Å². The van der Waals surface area contributed by atoms with Crippen molar-refractivity contribution in [3.8, 4) is 0 Å². The van der Waals surface area contributed by atoms with Crippen LogP contribution in [0.25, 0.3) is 0 Å². The van der Waals surface area contributed by atoms with Crippen LogP contribution in [0.5, 0.6) is 0 Å². The molecule has 4 nitrogen and oxygen atoms in total. The molecule has 4 heteroatoms. The van der Waals surface area contributed by atoms with E-state index in [0.29, 0.717) is 13.2 Å². The van der Waals surface area contributed by atoms with Crippen LogP contribution in [0.2, 0.25) is 0 Å². The van der Waals surface area contributed by atoms with Crippen LogP contribution < -0.4 is 4.90 Å². The minimum atomic E-state index is -0.290. The number of rotatable bonds is 6. The molecule has 0 unspecified atom stereocenters. The predicted octanol–water partition coefficient (Wildman–Crippen LogP) is 2.02. The van der Waals surface area contributed by atoms with Crippen molar-refractivity contribution in [2.45, 2.75) is 19.8 Å². The third-order valence-electron chi connectivity index (χ3n) is 3.24. The lowest BCUT2D eigenvalue weighted by atomic mass is 10.0. The Morgan fingerprint density at radius 3 is 3.05 bits per heavy atom. The first-order valence-corrected chi connectivity index (χ1v) is 6.87. The van der Waals surface area contributed by atoms with E-state index < -0.39 is 0 Å². The SMILES string of the molecule is CCOC(=O)COCCN1CCCc2ccccc21. The fraction of sp³-hybridized carbons (Fsp3) is 0.533. The molecule has 1 aliphatic rings. The number of fused-ring (bicyclic) bond motifs is 1. The lowest BCUT2D eigenvalue weighted by Gasteiger charge is -2.31. The summed E-state index contributed by atoms with van der Waals surface area (Å²) in [5.41, 5.74) is 2.70. The summed E-state index contributed by atoms with van der Waals surface area (Å²) in [6.07, 6.45) is 2.32. The number of aryl methyl sites for hydroxylation is 1. The summed E-state index contributed by atoms with van der Waals surface area (Å²) in [6, 6.07) is 8.48. The first kappa shape index (κ1) is 13.9. The molecule has 0 amide bonds. The quantitative estimate of drug-likeness (QED) is 0.581. The Balaban J connectivity index is 1.77. The van der Waals surface area contributed by atoms with Gasteiger partial charge in [0.2, 0.25) is 0 Å². The fourth-order valence-electron chi connectivity index (χ4n) is 2.38. The average molecular weight is 263 g/mol. The molecular formula is C15H21NO3. The van der Waals surface area contributed by atoms with Gasteiger partial charge in [0.1, 0.15) is 6.61 Å². The van der Waals surface area contributed by atoms with Gasteiger partial charge in [-0.3, -0.25) is 0 Å². The van der Waals surface area contributed by atoms with Gasteiger partial charge in [0.05, 0.1) is 13.2 Å². The first-order valence-electron chi connectivity index (χ1n) is 6.87. The number of carbonyl (C=O) groups is 1. The molecule has 0 fully saturated rings. The fourth-order valence-corrected chi connectivity index (χ4v) is 2.38. The molecule has 104 valence electrons. The number of esters is 1. The number of anilines is 1. The van der Waals surface area contributed by atoms with Crippen LogP contribution in [0, 0.1) is 0 Å². The molecule has 0 bridgehead atoms. The van der Waals surface area contributed by atoms with Crippen molar-refractivity contribution in [1.82, 2.24) is 0 Å². The Hall–Kier alpha value is -1.55. The van der Waals surface area contributed by atoms with E-state index in [1.54, 1.807) is 6.92 Å². The number of para-hydroxylation sites is 1.